The zero-order chi connectivity index (χ0) is 23.0. The average Bonchev–Trinajstić information content (AvgIpc) is 3.33. The van der Waals surface area contributed by atoms with E-state index in [1.165, 1.54) is 32.5 Å². The van der Waals surface area contributed by atoms with E-state index in [0.717, 1.165) is 25.7 Å². The van der Waals surface area contributed by atoms with Crippen LogP contribution in [0.15, 0.2) is 29.8 Å². The van der Waals surface area contributed by atoms with Crippen LogP contribution >= 0.6 is 0 Å². The molecule has 3 heterocycles. The van der Waals surface area contributed by atoms with Crippen molar-refractivity contribution in [3.8, 4) is 5.88 Å². The number of pyridine rings is 1. The molecule has 1 aliphatic carbocycles. The van der Waals surface area contributed by atoms with E-state index in [0.29, 0.717) is 41.9 Å². The zero-order valence-corrected chi connectivity index (χ0v) is 18.7. The number of hydrogen-bond acceptors (Lipinski definition) is 9. The molecule has 2 aromatic rings. The molecule has 0 spiro atoms. The Balaban J connectivity index is 1.26. The number of hydrogen-bond donors (Lipinski definition) is 3. The first-order valence-corrected chi connectivity index (χ1v) is 11.2. The van der Waals surface area contributed by atoms with E-state index in [4.69, 9.17) is 15.3 Å². The molecular weight excluding hydrogens is 424 g/mol. The van der Waals surface area contributed by atoms with Crippen molar-refractivity contribution in [2.45, 2.75) is 50.7 Å². The molecule has 33 heavy (non-hydrogen) atoms. The molecule has 1 saturated heterocycles. The summed E-state index contributed by atoms with van der Waals surface area (Å²) in [6.45, 7) is 1.42. The second kappa shape index (κ2) is 10.8. The number of nitrogens with two attached hydrogens (primary N) is 1. The molecule has 2 fully saturated rings. The Labute approximate surface area is 192 Å². The highest BCUT2D eigenvalue weighted by atomic mass is 16.6. The molecule has 11 nitrogen and oxygen atoms in total. The largest absolute Gasteiger partial charge is 0.474 e. The van der Waals surface area contributed by atoms with E-state index in [-0.39, 0.29) is 18.2 Å². The highest BCUT2D eigenvalue weighted by Gasteiger charge is 2.24. The van der Waals surface area contributed by atoms with Gasteiger partial charge in [-0.3, -0.25) is 0 Å². The topological polar surface area (TPSA) is 140 Å². The van der Waals surface area contributed by atoms with Gasteiger partial charge in [0, 0.05) is 25.2 Å². The summed E-state index contributed by atoms with van der Waals surface area (Å²) in [5.41, 5.74) is 7.23. The minimum absolute atomic E-state index is 0.0504. The summed E-state index contributed by atoms with van der Waals surface area (Å²) in [7, 11) is 1.47. The number of carbonyl (C=O) groups excluding carboxylic acids is 1. The predicted octanol–water partition coefficient (Wildman–Crippen LogP) is 2.55. The number of nitrogens with one attached hydrogen (secondary N) is 2. The van der Waals surface area contributed by atoms with Crippen molar-refractivity contribution >= 4 is 29.6 Å². The van der Waals surface area contributed by atoms with Crippen molar-refractivity contribution < 1.29 is 14.4 Å². The fourth-order valence-electron chi connectivity index (χ4n) is 4.17. The molecule has 0 aromatic carbocycles. The van der Waals surface area contributed by atoms with Crippen LogP contribution < -0.4 is 26.0 Å². The number of oxime groups is 1. The summed E-state index contributed by atoms with van der Waals surface area (Å²) in [5.74, 6) is 1.64. The minimum Gasteiger partial charge on any atom is -0.474 e. The zero-order valence-electron chi connectivity index (χ0n) is 18.7. The number of rotatable bonds is 7. The fourth-order valence-corrected chi connectivity index (χ4v) is 4.17. The van der Waals surface area contributed by atoms with Gasteiger partial charge in [-0.15, -0.1) is 0 Å². The smallest absolute Gasteiger partial charge is 0.319 e. The van der Waals surface area contributed by atoms with Crippen LogP contribution in [0.3, 0.4) is 0 Å². The van der Waals surface area contributed by atoms with Crippen LogP contribution in [0.1, 0.15) is 44.1 Å². The van der Waals surface area contributed by atoms with Crippen molar-refractivity contribution in [1.82, 2.24) is 20.3 Å². The molecule has 1 aliphatic heterocycles. The van der Waals surface area contributed by atoms with E-state index >= 15 is 0 Å². The maximum absolute atomic E-state index is 12.4. The van der Waals surface area contributed by atoms with Gasteiger partial charge >= 0.3 is 6.03 Å². The number of urea groups is 1. The predicted molar refractivity (Wildman–Crippen MR) is 126 cm³/mol. The van der Waals surface area contributed by atoms with Gasteiger partial charge in [0.25, 0.3) is 0 Å². The number of ether oxygens (including phenoxy) is 1. The number of anilines is 3. The molecule has 2 aliphatic rings. The van der Waals surface area contributed by atoms with E-state index < -0.39 is 0 Å². The molecule has 176 valence electrons. The van der Waals surface area contributed by atoms with Crippen LogP contribution in [0.25, 0.3) is 0 Å². The lowest BCUT2D eigenvalue weighted by molar-refractivity contribution is 0.201. The number of nitrogens with zero attached hydrogens (tertiary/aromatic N) is 5. The summed E-state index contributed by atoms with van der Waals surface area (Å²) in [6, 6.07) is 3.40. The van der Waals surface area contributed by atoms with Crippen LogP contribution in [0.5, 0.6) is 5.88 Å². The van der Waals surface area contributed by atoms with Crippen LogP contribution in [0, 0.1) is 0 Å². The normalized spacial score (nSPS) is 17.3. The number of amides is 2. The molecule has 2 aromatic heterocycles. The highest BCUT2D eigenvalue weighted by molar-refractivity contribution is 5.92. The van der Waals surface area contributed by atoms with Gasteiger partial charge < -0.3 is 30.8 Å². The third-order valence-corrected chi connectivity index (χ3v) is 5.89. The van der Waals surface area contributed by atoms with Gasteiger partial charge in [-0.05, 0) is 44.6 Å². The Morgan fingerprint density at radius 1 is 1.18 bits per heavy atom. The maximum atomic E-state index is 12.4. The third kappa shape index (κ3) is 5.99. The molecular formula is C22H30N8O3. The summed E-state index contributed by atoms with van der Waals surface area (Å²) >= 11 is 0. The quantitative estimate of drug-likeness (QED) is 0.428. The molecule has 0 radical (unpaired) electrons. The fraction of sp³-hybridized carbons (Fsp3) is 0.500. The molecule has 4 rings (SSSR count). The molecule has 0 atom stereocenters. The van der Waals surface area contributed by atoms with E-state index in [1.54, 1.807) is 12.3 Å². The van der Waals surface area contributed by atoms with Crippen molar-refractivity contribution in [3.63, 3.8) is 0 Å². The van der Waals surface area contributed by atoms with Gasteiger partial charge in [-0.25, -0.2) is 19.7 Å². The SMILES string of the molecule is CON=Cc1c(N)ncnc1N1CCC(NC(=O)Nc2ccc(OC3CCCC3)nc2)CC1. The van der Waals surface area contributed by atoms with Gasteiger partial charge in [0.15, 0.2) is 0 Å². The van der Waals surface area contributed by atoms with Crippen molar-refractivity contribution in [3.05, 3.63) is 30.2 Å². The van der Waals surface area contributed by atoms with Gasteiger partial charge in [-0.2, -0.15) is 0 Å². The third-order valence-electron chi connectivity index (χ3n) is 5.89. The van der Waals surface area contributed by atoms with E-state index in [2.05, 4.69) is 35.6 Å². The van der Waals surface area contributed by atoms with Gasteiger partial charge in [0.05, 0.1) is 23.7 Å². The van der Waals surface area contributed by atoms with Crippen LogP contribution in [-0.2, 0) is 4.84 Å². The second-order valence-electron chi connectivity index (χ2n) is 8.18. The standard InChI is InChI=1S/C22H30N8O3/c1-32-27-13-18-20(23)25-14-26-21(18)30-10-8-15(9-11-30)28-22(31)29-16-6-7-19(24-12-16)33-17-4-2-3-5-17/h6-7,12-15,17H,2-5,8-11H2,1H3,(H2,23,25,26)(H2,28,29,31). The lowest BCUT2D eigenvalue weighted by Crippen LogP contribution is -2.46. The van der Waals surface area contributed by atoms with Crippen LogP contribution in [0.2, 0.25) is 0 Å². The first-order valence-electron chi connectivity index (χ1n) is 11.2. The van der Waals surface area contributed by atoms with Gasteiger partial charge in [-0.1, -0.05) is 5.16 Å². The Morgan fingerprint density at radius 3 is 2.67 bits per heavy atom. The molecule has 0 unspecified atom stereocenters. The van der Waals surface area contributed by atoms with E-state index in [9.17, 15) is 4.79 Å². The highest BCUT2D eigenvalue weighted by Crippen LogP contribution is 2.25. The van der Waals surface area contributed by atoms with Crippen LogP contribution in [0.4, 0.5) is 22.1 Å². The van der Waals surface area contributed by atoms with E-state index in [1.807, 2.05) is 6.07 Å². The maximum Gasteiger partial charge on any atom is 0.319 e. The number of carbonyl (C=O) groups is 1. The number of nitrogen functional groups attached to an aromatic ring is 1. The molecule has 0 bridgehead atoms. The Morgan fingerprint density at radius 2 is 1.97 bits per heavy atom. The lowest BCUT2D eigenvalue weighted by Gasteiger charge is -2.33. The summed E-state index contributed by atoms with van der Waals surface area (Å²) < 4.78 is 5.86. The Bertz CT molecular complexity index is 955. The van der Waals surface area contributed by atoms with Crippen molar-refractivity contribution in [2.75, 3.05) is 36.1 Å². The average molecular weight is 455 g/mol. The first-order chi connectivity index (χ1) is 16.1. The number of piperidine rings is 1. The van der Waals surface area contributed by atoms with Gasteiger partial charge in [0.2, 0.25) is 5.88 Å². The lowest BCUT2D eigenvalue weighted by atomic mass is 10.0. The molecule has 4 N–H and O–H groups in total. The molecule has 1 saturated carbocycles. The Hall–Kier alpha value is -3.63. The monoisotopic (exact) mass is 454 g/mol. The summed E-state index contributed by atoms with van der Waals surface area (Å²) in [6.07, 6.45) is 10.9. The van der Waals surface area contributed by atoms with Crippen molar-refractivity contribution in [1.29, 1.82) is 0 Å². The molecule has 2 amide bonds. The number of aromatic nitrogens is 3. The minimum atomic E-state index is -0.251. The summed E-state index contributed by atoms with van der Waals surface area (Å²) in [4.78, 5) is 32.0. The summed E-state index contributed by atoms with van der Waals surface area (Å²) in [5, 5.41) is 9.67. The Kier molecular flexibility index (Phi) is 7.38. The first kappa shape index (κ1) is 22.6. The van der Waals surface area contributed by atoms with Crippen molar-refractivity contribution in [2.24, 2.45) is 5.16 Å². The second-order valence-corrected chi connectivity index (χ2v) is 8.18. The molecule has 11 heteroatoms. The van der Waals surface area contributed by atoms with Gasteiger partial charge in [0.1, 0.15) is 31.2 Å². The van der Waals surface area contributed by atoms with Crippen LogP contribution in [-0.4, -0.2) is 59.5 Å².